The molecule has 3 aromatic rings. The van der Waals surface area contributed by atoms with Gasteiger partial charge in [0, 0.05) is 16.7 Å². The minimum absolute atomic E-state index is 0.122. The van der Waals surface area contributed by atoms with Crippen LogP contribution in [0.1, 0.15) is 52.6 Å². The average Bonchev–Trinajstić information content (AvgIpc) is 2.72. The SMILES string of the molecule is O=C(O)c1ccc(C(=O)c2ccccc2)c(C(=O)O)c1C(=O)c1ccccc1. The third-order valence-corrected chi connectivity index (χ3v) is 4.19. The molecule has 0 atom stereocenters. The van der Waals surface area contributed by atoms with E-state index >= 15 is 0 Å². The molecule has 0 bridgehead atoms. The molecule has 0 aliphatic carbocycles. The molecule has 0 spiro atoms. The Morgan fingerprint density at radius 2 is 0.964 bits per heavy atom. The second kappa shape index (κ2) is 7.67. The maximum atomic E-state index is 13.0. The van der Waals surface area contributed by atoms with E-state index in [1.54, 1.807) is 36.4 Å². The van der Waals surface area contributed by atoms with E-state index in [0.29, 0.717) is 0 Å². The van der Waals surface area contributed by atoms with Gasteiger partial charge in [0.15, 0.2) is 11.6 Å². The van der Waals surface area contributed by atoms with E-state index in [2.05, 4.69) is 0 Å². The lowest BCUT2D eigenvalue weighted by molar-refractivity contribution is 0.0686. The second-order valence-electron chi connectivity index (χ2n) is 5.91. The summed E-state index contributed by atoms with van der Waals surface area (Å²) in [6.45, 7) is 0. The van der Waals surface area contributed by atoms with Gasteiger partial charge in [-0.25, -0.2) is 9.59 Å². The minimum atomic E-state index is -1.55. The molecule has 0 aliphatic rings. The molecule has 0 aromatic heterocycles. The standard InChI is InChI=1S/C22H14O6/c23-19(13-7-3-1-4-8-13)15-11-12-16(21(25)26)17(18(15)22(27)28)20(24)14-9-5-2-6-10-14/h1-12H,(H,25,26)(H,27,28). The predicted molar refractivity (Wildman–Crippen MR) is 100 cm³/mol. The van der Waals surface area contributed by atoms with Gasteiger partial charge in [-0.1, -0.05) is 60.7 Å². The molecule has 0 unspecified atom stereocenters. The van der Waals surface area contributed by atoms with E-state index in [1.807, 2.05) is 0 Å². The molecule has 0 aliphatic heterocycles. The molecule has 0 heterocycles. The fourth-order valence-corrected chi connectivity index (χ4v) is 2.91. The molecule has 0 amide bonds. The topological polar surface area (TPSA) is 109 Å². The molecule has 6 heteroatoms. The molecule has 0 fully saturated rings. The van der Waals surface area contributed by atoms with Gasteiger partial charge in [-0.2, -0.15) is 0 Å². The third kappa shape index (κ3) is 3.43. The number of carboxylic acid groups (broad SMARTS) is 2. The number of carbonyl (C=O) groups is 4. The molecule has 3 rings (SSSR count). The summed E-state index contributed by atoms with van der Waals surface area (Å²) in [6.07, 6.45) is 0. The summed E-state index contributed by atoms with van der Waals surface area (Å²) in [6, 6.07) is 17.9. The highest BCUT2D eigenvalue weighted by atomic mass is 16.4. The van der Waals surface area contributed by atoms with Crippen LogP contribution in [0.5, 0.6) is 0 Å². The first-order chi connectivity index (χ1) is 13.4. The van der Waals surface area contributed by atoms with Crippen LogP contribution in [0.2, 0.25) is 0 Å². The van der Waals surface area contributed by atoms with Crippen molar-refractivity contribution in [3.8, 4) is 0 Å². The summed E-state index contributed by atoms with van der Waals surface area (Å²) in [5, 5.41) is 19.2. The smallest absolute Gasteiger partial charge is 0.337 e. The van der Waals surface area contributed by atoms with Gasteiger partial charge < -0.3 is 10.2 Å². The molecule has 138 valence electrons. The lowest BCUT2D eigenvalue weighted by Gasteiger charge is -2.13. The molecule has 6 nitrogen and oxygen atoms in total. The van der Waals surface area contributed by atoms with Gasteiger partial charge in [-0.15, -0.1) is 0 Å². The summed E-state index contributed by atoms with van der Waals surface area (Å²) >= 11 is 0. The van der Waals surface area contributed by atoms with Crippen molar-refractivity contribution in [3.63, 3.8) is 0 Å². The van der Waals surface area contributed by atoms with E-state index in [0.717, 1.165) is 12.1 Å². The van der Waals surface area contributed by atoms with Crippen LogP contribution in [-0.4, -0.2) is 33.7 Å². The zero-order chi connectivity index (χ0) is 20.3. The highest BCUT2D eigenvalue weighted by Crippen LogP contribution is 2.25. The Labute approximate surface area is 159 Å². The molecule has 0 saturated carbocycles. The van der Waals surface area contributed by atoms with Crippen LogP contribution in [0.3, 0.4) is 0 Å². The maximum absolute atomic E-state index is 13.0. The lowest BCUT2D eigenvalue weighted by Crippen LogP contribution is -2.20. The summed E-state index contributed by atoms with van der Waals surface area (Å²) < 4.78 is 0. The van der Waals surface area contributed by atoms with E-state index in [9.17, 15) is 29.4 Å². The van der Waals surface area contributed by atoms with Gasteiger partial charge in [-0.05, 0) is 12.1 Å². The fraction of sp³-hybridized carbons (Fsp3) is 0. The van der Waals surface area contributed by atoms with Gasteiger partial charge in [0.25, 0.3) is 0 Å². The van der Waals surface area contributed by atoms with Crippen LogP contribution in [-0.2, 0) is 0 Å². The number of aromatic carboxylic acids is 2. The number of carboxylic acids is 2. The van der Waals surface area contributed by atoms with Crippen LogP contribution < -0.4 is 0 Å². The Morgan fingerprint density at radius 1 is 0.500 bits per heavy atom. The van der Waals surface area contributed by atoms with Crippen molar-refractivity contribution in [2.24, 2.45) is 0 Å². The lowest BCUT2D eigenvalue weighted by atomic mass is 9.87. The maximum Gasteiger partial charge on any atom is 0.337 e. The first kappa shape index (κ1) is 18.7. The summed E-state index contributed by atoms with van der Waals surface area (Å²) in [5.41, 5.74) is -1.52. The fourth-order valence-electron chi connectivity index (χ4n) is 2.91. The average molecular weight is 374 g/mol. The summed E-state index contributed by atoms with van der Waals surface area (Å²) in [4.78, 5) is 49.5. The van der Waals surface area contributed by atoms with Gasteiger partial charge in [0.1, 0.15) is 0 Å². The van der Waals surface area contributed by atoms with Crippen LogP contribution in [0, 0.1) is 0 Å². The third-order valence-electron chi connectivity index (χ3n) is 4.19. The zero-order valence-corrected chi connectivity index (χ0v) is 14.5. The number of carbonyl (C=O) groups excluding carboxylic acids is 2. The summed E-state index contributed by atoms with van der Waals surface area (Å²) in [7, 11) is 0. The van der Waals surface area contributed by atoms with E-state index < -0.39 is 40.2 Å². The normalized spacial score (nSPS) is 10.3. The van der Waals surface area contributed by atoms with Gasteiger partial charge in [-0.3, -0.25) is 9.59 Å². The minimum Gasteiger partial charge on any atom is -0.478 e. The van der Waals surface area contributed by atoms with Crippen molar-refractivity contribution in [2.45, 2.75) is 0 Å². The number of benzene rings is 3. The van der Waals surface area contributed by atoms with E-state index in [-0.39, 0.29) is 16.7 Å². The largest absolute Gasteiger partial charge is 0.478 e. The molecule has 0 saturated heterocycles. The molecular formula is C22H14O6. The Bertz CT molecular complexity index is 1080. The van der Waals surface area contributed by atoms with E-state index in [4.69, 9.17) is 0 Å². The number of hydrogen-bond acceptors (Lipinski definition) is 4. The molecule has 0 radical (unpaired) electrons. The van der Waals surface area contributed by atoms with Crippen LogP contribution >= 0.6 is 0 Å². The zero-order valence-electron chi connectivity index (χ0n) is 14.5. The highest BCUT2D eigenvalue weighted by Gasteiger charge is 2.30. The highest BCUT2D eigenvalue weighted by molar-refractivity contribution is 6.23. The summed E-state index contributed by atoms with van der Waals surface area (Å²) in [5.74, 6) is -4.41. The monoisotopic (exact) mass is 374 g/mol. The van der Waals surface area contributed by atoms with Gasteiger partial charge in [0.05, 0.1) is 16.7 Å². The van der Waals surface area contributed by atoms with E-state index in [1.165, 1.54) is 24.3 Å². The Morgan fingerprint density at radius 3 is 1.43 bits per heavy atom. The Hall–Kier alpha value is -4.06. The van der Waals surface area contributed by atoms with Gasteiger partial charge in [0.2, 0.25) is 0 Å². The van der Waals surface area contributed by atoms with Crippen molar-refractivity contribution in [1.82, 2.24) is 0 Å². The van der Waals surface area contributed by atoms with Crippen LogP contribution in [0.15, 0.2) is 72.8 Å². The molecular weight excluding hydrogens is 360 g/mol. The van der Waals surface area contributed by atoms with Crippen LogP contribution in [0.4, 0.5) is 0 Å². The Kier molecular flexibility index (Phi) is 5.13. The number of hydrogen-bond donors (Lipinski definition) is 2. The predicted octanol–water partition coefficient (Wildman–Crippen LogP) is 3.55. The quantitative estimate of drug-likeness (QED) is 0.639. The molecule has 3 aromatic carbocycles. The van der Waals surface area contributed by atoms with Crippen molar-refractivity contribution < 1.29 is 29.4 Å². The first-order valence-corrected chi connectivity index (χ1v) is 8.25. The van der Waals surface area contributed by atoms with Crippen molar-refractivity contribution in [3.05, 3.63) is 106 Å². The first-order valence-electron chi connectivity index (χ1n) is 8.25. The number of ketones is 2. The van der Waals surface area contributed by atoms with Crippen LogP contribution in [0.25, 0.3) is 0 Å². The second-order valence-corrected chi connectivity index (χ2v) is 5.91. The number of rotatable bonds is 6. The van der Waals surface area contributed by atoms with Crippen molar-refractivity contribution in [1.29, 1.82) is 0 Å². The Balaban J connectivity index is 2.30. The van der Waals surface area contributed by atoms with Gasteiger partial charge >= 0.3 is 11.9 Å². The molecule has 28 heavy (non-hydrogen) atoms. The van der Waals surface area contributed by atoms with Crippen molar-refractivity contribution >= 4 is 23.5 Å². The molecule has 2 N–H and O–H groups in total. The van der Waals surface area contributed by atoms with Crippen molar-refractivity contribution in [2.75, 3.05) is 0 Å².